The molecular formula is C34H42N4O8. The van der Waals surface area contributed by atoms with Crippen molar-refractivity contribution in [2.45, 2.75) is 77.5 Å². The fourth-order valence-corrected chi connectivity index (χ4v) is 4.74. The number of fused-ring (bicyclic) bond motifs is 3. The molecule has 3 rings (SSSR count). The maximum absolute atomic E-state index is 12.9. The third-order valence-electron chi connectivity index (χ3n) is 6.58. The van der Waals surface area contributed by atoms with E-state index in [2.05, 4.69) is 21.5 Å². The predicted molar refractivity (Wildman–Crippen MR) is 172 cm³/mol. The number of rotatable bonds is 9. The molecule has 1 aliphatic carbocycles. The number of hydrogen-bond donors (Lipinski definition) is 3. The molecule has 1 atom stereocenters. The van der Waals surface area contributed by atoms with Crippen LogP contribution in [0.5, 0.6) is 0 Å². The number of carbonyl (C=O) groups is 4. The Balaban J connectivity index is 1.65. The van der Waals surface area contributed by atoms with Crippen LogP contribution in [0.3, 0.4) is 0 Å². The highest BCUT2D eigenvalue weighted by Crippen LogP contribution is 2.44. The molecule has 0 saturated carbocycles. The number of carbonyl (C=O) groups excluding carboxylic acids is 3. The third-order valence-corrected chi connectivity index (χ3v) is 6.58. The molecule has 0 bridgehead atoms. The summed E-state index contributed by atoms with van der Waals surface area (Å²) < 4.78 is 16.2. The first-order chi connectivity index (χ1) is 21.6. The highest BCUT2D eigenvalue weighted by Gasteiger charge is 2.31. The van der Waals surface area contributed by atoms with Crippen LogP contribution < -0.4 is 10.6 Å². The van der Waals surface area contributed by atoms with Crippen molar-refractivity contribution in [2.75, 3.05) is 19.7 Å². The van der Waals surface area contributed by atoms with Crippen LogP contribution in [0.2, 0.25) is 0 Å². The van der Waals surface area contributed by atoms with Gasteiger partial charge in [-0.2, -0.15) is 0 Å². The van der Waals surface area contributed by atoms with E-state index in [-0.39, 0.29) is 44.4 Å². The number of carboxylic acids is 1. The van der Waals surface area contributed by atoms with Gasteiger partial charge in [0.05, 0.1) is 6.54 Å². The number of amides is 3. The first kappa shape index (κ1) is 35.4. The fourth-order valence-electron chi connectivity index (χ4n) is 4.74. The number of terminal acetylenes is 1. The molecule has 2 aromatic rings. The van der Waals surface area contributed by atoms with Gasteiger partial charge < -0.3 is 24.6 Å². The van der Waals surface area contributed by atoms with Crippen molar-refractivity contribution in [3.8, 4) is 23.5 Å². The molecule has 0 aliphatic heterocycles. The molecule has 0 unspecified atom stereocenters. The van der Waals surface area contributed by atoms with E-state index in [0.717, 1.165) is 27.2 Å². The van der Waals surface area contributed by atoms with Crippen LogP contribution in [0.4, 0.5) is 14.4 Å². The number of benzene rings is 2. The van der Waals surface area contributed by atoms with Gasteiger partial charge in [-0.15, -0.1) is 6.42 Å². The molecule has 0 fully saturated rings. The summed E-state index contributed by atoms with van der Waals surface area (Å²) in [6, 6.07) is 14.5. The third kappa shape index (κ3) is 10.3. The summed E-state index contributed by atoms with van der Waals surface area (Å²) in [6.07, 6.45) is 3.01. The van der Waals surface area contributed by atoms with Crippen LogP contribution in [0.15, 0.2) is 53.5 Å². The van der Waals surface area contributed by atoms with Gasteiger partial charge in [0.1, 0.15) is 23.9 Å². The minimum Gasteiger partial charge on any atom is -0.480 e. The van der Waals surface area contributed by atoms with Gasteiger partial charge in [-0.1, -0.05) is 54.5 Å². The number of alkyl carbamates (subject to hydrolysis) is 2. The van der Waals surface area contributed by atoms with Crippen LogP contribution in [-0.2, 0) is 19.0 Å². The number of nitrogens with one attached hydrogen (secondary N) is 2. The van der Waals surface area contributed by atoms with Crippen molar-refractivity contribution in [3.05, 3.63) is 59.7 Å². The number of aliphatic carboxylic acids is 1. The number of ether oxygens (including phenoxy) is 3. The normalized spacial score (nSPS) is 13.4. The Labute approximate surface area is 269 Å². The molecular weight excluding hydrogens is 592 g/mol. The van der Waals surface area contributed by atoms with Gasteiger partial charge in [0.2, 0.25) is 5.96 Å². The second-order valence-corrected chi connectivity index (χ2v) is 12.6. The largest absolute Gasteiger partial charge is 0.480 e. The standard InChI is InChI=1S/C34H42N4O8/c1-8-20-38(32(43)46-34(5,6)7)29(37-31(42)45-33(2,3)4)35-19-13-18-27(28(39)40)36-30(41)44-21-26-24-16-11-9-14-22(24)23-15-10-12-17-25(23)26/h1,9-12,14-17,26-27H,13,18-21H2,2-7H3,(H,36,41)(H,39,40)(H,35,37,42)/t27-/m0/s1. The SMILES string of the molecule is C#CCN(C(=O)OC(C)(C)C)C(=NCCC[C@H](NC(=O)OCC1c2ccccc2-c2ccccc21)C(=O)O)NC(=O)OC(C)(C)C. The summed E-state index contributed by atoms with van der Waals surface area (Å²) in [7, 11) is 0. The summed E-state index contributed by atoms with van der Waals surface area (Å²) in [5.41, 5.74) is 2.52. The number of hydrogen-bond acceptors (Lipinski definition) is 8. The van der Waals surface area contributed by atoms with E-state index in [1.807, 2.05) is 48.5 Å². The zero-order valence-electron chi connectivity index (χ0n) is 27.1. The average molecular weight is 635 g/mol. The molecule has 0 heterocycles. The average Bonchev–Trinajstić information content (AvgIpc) is 3.27. The molecule has 2 aromatic carbocycles. The zero-order chi connectivity index (χ0) is 34.1. The first-order valence-electron chi connectivity index (χ1n) is 14.9. The highest BCUT2D eigenvalue weighted by molar-refractivity contribution is 6.01. The van der Waals surface area contributed by atoms with Crippen molar-refractivity contribution in [3.63, 3.8) is 0 Å². The number of carboxylic acid groups (broad SMARTS) is 1. The minimum atomic E-state index is -1.28. The molecule has 12 heteroatoms. The van der Waals surface area contributed by atoms with E-state index >= 15 is 0 Å². The van der Waals surface area contributed by atoms with Gasteiger partial charge in [-0.05, 0) is 76.6 Å². The molecule has 0 aromatic heterocycles. The van der Waals surface area contributed by atoms with Crippen molar-refractivity contribution in [1.82, 2.24) is 15.5 Å². The molecule has 0 saturated heterocycles. The molecule has 3 amide bonds. The Morgan fingerprint density at radius 3 is 2.02 bits per heavy atom. The second kappa shape index (κ2) is 15.3. The molecule has 3 N–H and O–H groups in total. The maximum Gasteiger partial charge on any atom is 0.418 e. The van der Waals surface area contributed by atoms with Crippen molar-refractivity contribution >= 4 is 30.2 Å². The lowest BCUT2D eigenvalue weighted by Crippen LogP contribution is -2.50. The molecule has 46 heavy (non-hydrogen) atoms. The second-order valence-electron chi connectivity index (χ2n) is 12.6. The molecule has 12 nitrogen and oxygen atoms in total. The van der Waals surface area contributed by atoms with Crippen molar-refractivity contribution in [2.24, 2.45) is 4.99 Å². The Morgan fingerprint density at radius 1 is 0.935 bits per heavy atom. The van der Waals surface area contributed by atoms with Crippen LogP contribution in [0, 0.1) is 12.3 Å². The summed E-state index contributed by atoms with van der Waals surface area (Å²) in [5.74, 6) is 0.678. The van der Waals surface area contributed by atoms with Crippen molar-refractivity contribution in [1.29, 1.82) is 0 Å². The number of nitrogens with zero attached hydrogens (tertiary/aromatic N) is 2. The van der Waals surface area contributed by atoms with Gasteiger partial charge in [0.25, 0.3) is 0 Å². The lowest BCUT2D eigenvalue weighted by Gasteiger charge is -2.27. The van der Waals surface area contributed by atoms with Gasteiger partial charge in [0, 0.05) is 12.5 Å². The summed E-state index contributed by atoms with van der Waals surface area (Å²) in [4.78, 5) is 55.4. The van der Waals surface area contributed by atoms with Gasteiger partial charge in [-0.3, -0.25) is 10.3 Å². The monoisotopic (exact) mass is 634 g/mol. The topological polar surface area (TPSA) is 156 Å². The summed E-state index contributed by atoms with van der Waals surface area (Å²) in [6.45, 7) is 9.76. The maximum atomic E-state index is 12.9. The Bertz CT molecular complexity index is 1450. The van der Waals surface area contributed by atoms with Crippen LogP contribution in [0.1, 0.15) is 71.4 Å². The number of guanidine groups is 1. The first-order valence-corrected chi connectivity index (χ1v) is 14.9. The Kier molecular flexibility index (Phi) is 11.8. The van der Waals surface area contributed by atoms with E-state index < -0.39 is 41.5 Å². The molecule has 0 spiro atoms. The lowest BCUT2D eigenvalue weighted by molar-refractivity contribution is -0.139. The van der Waals surface area contributed by atoms with Crippen LogP contribution in [0.25, 0.3) is 11.1 Å². The Hall–Kier alpha value is -5.05. The van der Waals surface area contributed by atoms with Gasteiger partial charge in [-0.25, -0.2) is 24.1 Å². The van der Waals surface area contributed by atoms with E-state index in [1.54, 1.807) is 41.5 Å². The van der Waals surface area contributed by atoms with E-state index in [1.165, 1.54) is 0 Å². The van der Waals surface area contributed by atoms with Crippen LogP contribution >= 0.6 is 0 Å². The van der Waals surface area contributed by atoms with E-state index in [4.69, 9.17) is 20.6 Å². The molecule has 246 valence electrons. The van der Waals surface area contributed by atoms with Crippen LogP contribution in [-0.4, -0.2) is 77.2 Å². The zero-order valence-corrected chi connectivity index (χ0v) is 27.1. The minimum absolute atomic E-state index is 0.0235. The van der Waals surface area contributed by atoms with E-state index in [0.29, 0.717) is 0 Å². The van der Waals surface area contributed by atoms with Crippen molar-refractivity contribution < 1.29 is 38.5 Å². The van der Waals surface area contributed by atoms with Gasteiger partial charge >= 0.3 is 24.2 Å². The molecule has 1 aliphatic rings. The smallest absolute Gasteiger partial charge is 0.418 e. The summed E-state index contributed by atoms with van der Waals surface area (Å²) >= 11 is 0. The lowest BCUT2D eigenvalue weighted by atomic mass is 9.98. The predicted octanol–water partition coefficient (Wildman–Crippen LogP) is 5.51. The quantitative estimate of drug-likeness (QED) is 0.107. The Morgan fingerprint density at radius 2 is 1.50 bits per heavy atom. The summed E-state index contributed by atoms with van der Waals surface area (Å²) in [5, 5.41) is 14.6. The van der Waals surface area contributed by atoms with E-state index in [9.17, 15) is 24.3 Å². The molecule has 0 radical (unpaired) electrons. The van der Waals surface area contributed by atoms with Gasteiger partial charge in [0.15, 0.2) is 0 Å². The highest BCUT2D eigenvalue weighted by atomic mass is 16.6. The fraction of sp³-hybridized carbons (Fsp3) is 0.441. The number of aliphatic imine (C=N–C) groups is 1.